The summed E-state index contributed by atoms with van der Waals surface area (Å²) in [5.41, 5.74) is 0.0130. The number of amides is 1. The number of fused-ring (bicyclic) bond motifs is 1. The molecule has 0 bridgehead atoms. The molecule has 2 aliphatic rings. The van der Waals surface area contributed by atoms with Crippen molar-refractivity contribution in [3.63, 3.8) is 0 Å². The standard InChI is InChI=1S/C19H25NO5/c1-3-24-17(21)16-14-9-10-19(2,23)15(14)11-20(16)18(22)25-12-13-7-5-4-6-8-13/h4-8,14-16,23H,3,9-12H2,1-2H3/t14-,15-,16?,19+/m0/s1. The van der Waals surface area contributed by atoms with E-state index in [9.17, 15) is 14.7 Å². The number of carbonyl (C=O) groups is 2. The third kappa shape index (κ3) is 3.49. The van der Waals surface area contributed by atoms with Gasteiger partial charge < -0.3 is 14.6 Å². The highest BCUT2D eigenvalue weighted by Gasteiger charge is 2.58. The summed E-state index contributed by atoms with van der Waals surface area (Å²) in [6.45, 7) is 4.24. The van der Waals surface area contributed by atoms with Gasteiger partial charge in [0.05, 0.1) is 12.2 Å². The molecule has 2 fully saturated rings. The molecule has 1 heterocycles. The highest BCUT2D eigenvalue weighted by atomic mass is 16.6. The van der Waals surface area contributed by atoms with Crippen LogP contribution in [0.4, 0.5) is 4.79 Å². The quantitative estimate of drug-likeness (QED) is 0.846. The number of rotatable bonds is 4. The van der Waals surface area contributed by atoms with Gasteiger partial charge in [0.15, 0.2) is 0 Å². The first-order valence-corrected chi connectivity index (χ1v) is 8.80. The van der Waals surface area contributed by atoms with Crippen molar-refractivity contribution in [3.05, 3.63) is 35.9 Å². The van der Waals surface area contributed by atoms with E-state index in [2.05, 4.69) is 0 Å². The Kier molecular flexibility index (Phi) is 4.99. The Morgan fingerprint density at radius 1 is 1.28 bits per heavy atom. The molecule has 0 spiro atoms. The monoisotopic (exact) mass is 347 g/mol. The molecular weight excluding hydrogens is 322 g/mol. The number of likely N-dealkylation sites (tertiary alicyclic amines) is 1. The molecule has 1 unspecified atom stereocenters. The van der Waals surface area contributed by atoms with E-state index in [-0.39, 0.29) is 25.0 Å². The Labute approximate surface area is 147 Å². The van der Waals surface area contributed by atoms with E-state index in [4.69, 9.17) is 9.47 Å². The molecule has 1 aliphatic carbocycles. The normalized spacial score (nSPS) is 30.8. The summed E-state index contributed by atoms with van der Waals surface area (Å²) < 4.78 is 10.6. The third-order valence-corrected chi connectivity index (χ3v) is 5.40. The van der Waals surface area contributed by atoms with Crippen molar-refractivity contribution in [2.75, 3.05) is 13.2 Å². The molecule has 136 valence electrons. The molecule has 1 N–H and O–H groups in total. The number of aliphatic hydroxyl groups is 1. The van der Waals surface area contributed by atoms with E-state index in [0.29, 0.717) is 19.4 Å². The third-order valence-electron chi connectivity index (χ3n) is 5.40. The van der Waals surface area contributed by atoms with Crippen molar-refractivity contribution in [2.24, 2.45) is 11.8 Å². The number of hydrogen-bond acceptors (Lipinski definition) is 5. The molecular formula is C19H25NO5. The van der Waals surface area contributed by atoms with E-state index in [0.717, 1.165) is 5.56 Å². The minimum Gasteiger partial charge on any atom is -0.464 e. The lowest BCUT2D eigenvalue weighted by molar-refractivity contribution is -0.149. The lowest BCUT2D eigenvalue weighted by atomic mass is 9.87. The zero-order valence-corrected chi connectivity index (χ0v) is 14.7. The van der Waals surface area contributed by atoms with Gasteiger partial charge in [-0.1, -0.05) is 30.3 Å². The Hall–Kier alpha value is -2.08. The van der Waals surface area contributed by atoms with Crippen LogP contribution >= 0.6 is 0 Å². The van der Waals surface area contributed by atoms with E-state index in [1.54, 1.807) is 13.8 Å². The Morgan fingerprint density at radius 3 is 2.68 bits per heavy atom. The predicted octanol–water partition coefficient (Wildman–Crippen LogP) is 2.35. The van der Waals surface area contributed by atoms with Gasteiger partial charge in [-0.15, -0.1) is 0 Å². The number of nitrogens with zero attached hydrogens (tertiary/aromatic N) is 1. The van der Waals surface area contributed by atoms with Gasteiger partial charge >= 0.3 is 12.1 Å². The lowest BCUT2D eigenvalue weighted by Crippen LogP contribution is -2.44. The van der Waals surface area contributed by atoms with Crippen molar-refractivity contribution >= 4 is 12.1 Å². The van der Waals surface area contributed by atoms with Crippen LogP contribution in [-0.2, 0) is 20.9 Å². The molecule has 6 heteroatoms. The van der Waals surface area contributed by atoms with Gasteiger partial charge in [0, 0.05) is 12.5 Å². The number of ether oxygens (including phenoxy) is 2. The summed E-state index contributed by atoms with van der Waals surface area (Å²) >= 11 is 0. The number of carbonyl (C=O) groups excluding carboxylic acids is 2. The van der Waals surface area contributed by atoms with Gasteiger partial charge in [-0.3, -0.25) is 4.90 Å². The highest BCUT2D eigenvalue weighted by molar-refractivity contribution is 5.82. The van der Waals surface area contributed by atoms with Crippen LogP contribution < -0.4 is 0 Å². The van der Waals surface area contributed by atoms with Crippen LogP contribution in [0, 0.1) is 11.8 Å². The van der Waals surface area contributed by atoms with Gasteiger partial charge in [0.25, 0.3) is 0 Å². The van der Waals surface area contributed by atoms with Crippen LogP contribution in [0.2, 0.25) is 0 Å². The van der Waals surface area contributed by atoms with Gasteiger partial charge in [-0.2, -0.15) is 0 Å². The maximum absolute atomic E-state index is 12.6. The van der Waals surface area contributed by atoms with E-state index in [1.807, 2.05) is 30.3 Å². The molecule has 25 heavy (non-hydrogen) atoms. The molecule has 1 aromatic carbocycles. The molecule has 6 nitrogen and oxygen atoms in total. The second-order valence-electron chi connectivity index (χ2n) is 7.06. The number of hydrogen-bond donors (Lipinski definition) is 1. The maximum Gasteiger partial charge on any atom is 0.410 e. The first kappa shape index (κ1) is 17.7. The summed E-state index contributed by atoms with van der Waals surface area (Å²) in [6.07, 6.45) is 0.793. The summed E-state index contributed by atoms with van der Waals surface area (Å²) in [6, 6.07) is 8.72. The largest absolute Gasteiger partial charge is 0.464 e. The molecule has 1 aliphatic heterocycles. The number of benzene rings is 1. The van der Waals surface area contributed by atoms with Crippen LogP contribution in [-0.4, -0.2) is 46.9 Å². The zero-order chi connectivity index (χ0) is 18.0. The highest BCUT2D eigenvalue weighted by Crippen LogP contribution is 2.48. The van der Waals surface area contributed by atoms with Crippen molar-refractivity contribution in [3.8, 4) is 0 Å². The van der Waals surface area contributed by atoms with Crippen molar-refractivity contribution in [1.82, 2.24) is 4.90 Å². The van der Waals surface area contributed by atoms with E-state index >= 15 is 0 Å². The fourth-order valence-corrected chi connectivity index (χ4v) is 4.09. The molecule has 1 saturated carbocycles. The maximum atomic E-state index is 12.6. The fraction of sp³-hybridized carbons (Fsp3) is 0.579. The Balaban J connectivity index is 1.73. The van der Waals surface area contributed by atoms with Crippen molar-refractivity contribution in [2.45, 2.75) is 44.9 Å². The van der Waals surface area contributed by atoms with Gasteiger partial charge in [-0.25, -0.2) is 9.59 Å². The van der Waals surface area contributed by atoms with Gasteiger partial charge in [0.2, 0.25) is 0 Å². The first-order chi connectivity index (χ1) is 11.9. The lowest BCUT2D eigenvalue weighted by Gasteiger charge is -2.26. The first-order valence-electron chi connectivity index (χ1n) is 8.80. The molecule has 3 rings (SSSR count). The average Bonchev–Trinajstić information content (AvgIpc) is 3.12. The Morgan fingerprint density at radius 2 is 2.00 bits per heavy atom. The molecule has 0 aromatic heterocycles. The number of esters is 1. The molecule has 4 atom stereocenters. The van der Waals surface area contributed by atoms with Crippen LogP contribution in [0.5, 0.6) is 0 Å². The van der Waals surface area contributed by atoms with Gasteiger partial charge in [-0.05, 0) is 38.2 Å². The van der Waals surface area contributed by atoms with Crippen LogP contribution in [0.25, 0.3) is 0 Å². The van der Waals surface area contributed by atoms with Crippen LogP contribution in [0.15, 0.2) is 30.3 Å². The predicted molar refractivity (Wildman–Crippen MR) is 90.6 cm³/mol. The summed E-state index contributed by atoms with van der Waals surface area (Å²) in [5, 5.41) is 10.6. The smallest absolute Gasteiger partial charge is 0.410 e. The summed E-state index contributed by atoms with van der Waals surface area (Å²) in [4.78, 5) is 26.5. The zero-order valence-electron chi connectivity index (χ0n) is 14.7. The van der Waals surface area contributed by atoms with E-state index in [1.165, 1.54) is 4.90 Å². The molecule has 1 aromatic rings. The molecule has 1 saturated heterocycles. The van der Waals surface area contributed by atoms with Crippen molar-refractivity contribution in [1.29, 1.82) is 0 Å². The van der Waals surface area contributed by atoms with Gasteiger partial charge in [0.1, 0.15) is 12.6 Å². The second-order valence-corrected chi connectivity index (χ2v) is 7.06. The summed E-state index contributed by atoms with van der Waals surface area (Å²) in [7, 11) is 0. The van der Waals surface area contributed by atoms with E-state index < -0.39 is 23.7 Å². The average molecular weight is 347 g/mol. The van der Waals surface area contributed by atoms with Crippen LogP contribution in [0.3, 0.4) is 0 Å². The Bertz CT molecular complexity index is 630. The van der Waals surface area contributed by atoms with Crippen LogP contribution in [0.1, 0.15) is 32.3 Å². The SMILES string of the molecule is CCOC(=O)C1[C@H]2CC[C@@](C)(O)[C@H]2CN1C(=O)OCc1ccccc1. The summed E-state index contributed by atoms with van der Waals surface area (Å²) in [5.74, 6) is -0.631. The molecule has 1 amide bonds. The minimum atomic E-state index is -0.871. The topological polar surface area (TPSA) is 76.1 Å². The minimum absolute atomic E-state index is 0.0849. The fourth-order valence-electron chi connectivity index (χ4n) is 4.09. The second kappa shape index (κ2) is 7.04. The van der Waals surface area contributed by atoms with Crippen molar-refractivity contribution < 1.29 is 24.2 Å². The molecule has 0 radical (unpaired) electrons.